The molecule has 0 N–H and O–H groups in total. The fourth-order valence-corrected chi connectivity index (χ4v) is 9.93. The van der Waals surface area contributed by atoms with Gasteiger partial charge >= 0.3 is 0 Å². The second kappa shape index (κ2) is 11.7. The molecule has 1 aliphatic carbocycles. The van der Waals surface area contributed by atoms with Crippen molar-refractivity contribution in [3.63, 3.8) is 0 Å². The van der Waals surface area contributed by atoms with Crippen LogP contribution in [0.15, 0.2) is 158 Å². The molecular weight excluding hydrogens is 659 g/mol. The Morgan fingerprint density at radius 2 is 1.13 bits per heavy atom. The molecule has 0 amide bonds. The summed E-state index contributed by atoms with van der Waals surface area (Å²) in [6, 6.07) is 59.3. The van der Waals surface area contributed by atoms with E-state index >= 15 is 0 Å². The van der Waals surface area contributed by atoms with Crippen LogP contribution in [0.3, 0.4) is 0 Å². The van der Waals surface area contributed by atoms with Gasteiger partial charge in [0.15, 0.2) is 0 Å². The minimum Gasteiger partial charge on any atom is -0.310 e. The Morgan fingerprint density at radius 3 is 1.91 bits per heavy atom. The van der Waals surface area contributed by atoms with E-state index in [-0.39, 0.29) is 10.8 Å². The normalized spacial score (nSPS) is 13.5. The Morgan fingerprint density at radius 1 is 0.491 bits per heavy atom. The van der Waals surface area contributed by atoms with Gasteiger partial charge in [-0.3, -0.25) is 0 Å². The van der Waals surface area contributed by atoms with Gasteiger partial charge in [0.1, 0.15) is 0 Å². The Balaban J connectivity index is 1.26. The molecule has 0 aliphatic heterocycles. The van der Waals surface area contributed by atoms with E-state index < -0.39 is 0 Å². The number of rotatable bonds is 4. The first-order valence-electron chi connectivity index (χ1n) is 18.7. The van der Waals surface area contributed by atoms with E-state index in [9.17, 15) is 0 Å². The van der Waals surface area contributed by atoms with Crippen LogP contribution in [0.5, 0.6) is 0 Å². The highest BCUT2D eigenvalue weighted by Gasteiger charge is 2.36. The van der Waals surface area contributed by atoms with Crippen molar-refractivity contribution in [3.8, 4) is 22.3 Å². The van der Waals surface area contributed by atoms with Crippen LogP contribution in [0, 0.1) is 0 Å². The number of fused-ring (bicyclic) bond motifs is 8. The Hall–Kier alpha value is -5.70. The molecule has 53 heavy (non-hydrogen) atoms. The highest BCUT2D eigenvalue weighted by Crippen LogP contribution is 2.53. The molecule has 0 fully saturated rings. The molecule has 8 aromatic carbocycles. The molecule has 0 unspecified atom stereocenters. The van der Waals surface area contributed by atoms with E-state index in [1.165, 1.54) is 86.3 Å². The van der Waals surface area contributed by atoms with Crippen LogP contribution in [0.4, 0.5) is 17.1 Å². The second-order valence-corrected chi connectivity index (χ2v) is 17.3. The van der Waals surface area contributed by atoms with E-state index in [0.29, 0.717) is 0 Å². The lowest BCUT2D eigenvalue weighted by Crippen LogP contribution is -2.17. The molecule has 10 rings (SSSR count). The summed E-state index contributed by atoms with van der Waals surface area (Å²) < 4.78 is 2.63. The number of nitrogens with zero attached hydrogens (tertiary/aromatic N) is 1. The third-order valence-corrected chi connectivity index (χ3v) is 12.7. The van der Waals surface area contributed by atoms with Crippen molar-refractivity contribution in [2.75, 3.05) is 4.90 Å². The number of anilines is 3. The van der Waals surface area contributed by atoms with Gasteiger partial charge in [-0.05, 0) is 115 Å². The predicted molar refractivity (Wildman–Crippen MR) is 231 cm³/mol. The SMILES string of the molecule is CC(C)(C)c1ccc(N(c2ccc3c(c2)C(C)(C)c2cc4ccccc4cc2-3)c2ccc3ccccc3c2-c2cccc3sc4ccccc4c23)cc1. The van der Waals surface area contributed by atoms with Crippen molar-refractivity contribution in [1.29, 1.82) is 0 Å². The van der Waals surface area contributed by atoms with Crippen LogP contribution >= 0.6 is 11.3 Å². The van der Waals surface area contributed by atoms with Crippen LogP contribution in [-0.4, -0.2) is 0 Å². The van der Waals surface area contributed by atoms with Gasteiger partial charge in [-0.2, -0.15) is 0 Å². The number of thiophene rings is 1. The fourth-order valence-electron chi connectivity index (χ4n) is 8.80. The smallest absolute Gasteiger partial charge is 0.0546 e. The predicted octanol–water partition coefficient (Wildman–Crippen LogP) is 15.1. The summed E-state index contributed by atoms with van der Waals surface area (Å²) in [5.41, 5.74) is 12.7. The highest BCUT2D eigenvalue weighted by molar-refractivity contribution is 7.25. The first-order valence-corrected chi connectivity index (χ1v) is 19.5. The van der Waals surface area contributed by atoms with E-state index in [1.54, 1.807) is 0 Å². The van der Waals surface area contributed by atoms with Crippen molar-refractivity contribution < 1.29 is 0 Å². The minimum absolute atomic E-state index is 0.0556. The molecular formula is C51H41NS. The monoisotopic (exact) mass is 699 g/mol. The number of hydrogen-bond donors (Lipinski definition) is 0. The Kier molecular flexibility index (Phi) is 7.03. The van der Waals surface area contributed by atoms with Crippen LogP contribution in [0.2, 0.25) is 0 Å². The zero-order valence-corrected chi connectivity index (χ0v) is 31.7. The molecule has 0 atom stereocenters. The molecule has 9 aromatic rings. The molecule has 1 nitrogen and oxygen atoms in total. The van der Waals surface area contributed by atoms with Crippen molar-refractivity contribution in [1.82, 2.24) is 0 Å². The van der Waals surface area contributed by atoms with E-state index in [4.69, 9.17) is 0 Å². The molecule has 0 saturated heterocycles. The van der Waals surface area contributed by atoms with Crippen molar-refractivity contribution in [3.05, 3.63) is 174 Å². The zero-order chi connectivity index (χ0) is 36.1. The van der Waals surface area contributed by atoms with Crippen LogP contribution in [0.1, 0.15) is 51.3 Å². The van der Waals surface area contributed by atoms with Crippen LogP contribution < -0.4 is 4.90 Å². The maximum atomic E-state index is 2.51. The van der Waals surface area contributed by atoms with E-state index in [2.05, 4.69) is 197 Å². The van der Waals surface area contributed by atoms with Gasteiger partial charge in [0.05, 0.1) is 5.69 Å². The Bertz CT molecular complexity index is 2900. The maximum Gasteiger partial charge on any atom is 0.0546 e. The number of benzene rings is 8. The summed E-state index contributed by atoms with van der Waals surface area (Å²) in [6.45, 7) is 11.6. The van der Waals surface area contributed by atoms with E-state index in [1.807, 2.05) is 11.3 Å². The summed E-state index contributed by atoms with van der Waals surface area (Å²) in [5, 5.41) is 7.71. The lowest BCUT2D eigenvalue weighted by Gasteiger charge is -2.31. The van der Waals surface area contributed by atoms with Gasteiger partial charge in [0.2, 0.25) is 0 Å². The lowest BCUT2D eigenvalue weighted by atomic mass is 9.81. The molecule has 0 saturated carbocycles. The second-order valence-electron chi connectivity index (χ2n) is 16.2. The molecule has 0 bridgehead atoms. The fraction of sp³-hybridized carbons (Fsp3) is 0.137. The van der Waals surface area contributed by atoms with Crippen molar-refractivity contribution in [2.45, 2.75) is 45.4 Å². The third-order valence-electron chi connectivity index (χ3n) is 11.6. The molecule has 256 valence electrons. The zero-order valence-electron chi connectivity index (χ0n) is 30.9. The average molecular weight is 700 g/mol. The topological polar surface area (TPSA) is 3.24 Å². The largest absolute Gasteiger partial charge is 0.310 e. The van der Waals surface area contributed by atoms with Gasteiger partial charge in [0.25, 0.3) is 0 Å². The molecule has 1 aromatic heterocycles. The van der Waals surface area contributed by atoms with E-state index in [0.717, 1.165) is 11.4 Å². The summed E-state index contributed by atoms with van der Waals surface area (Å²) in [5.74, 6) is 0. The van der Waals surface area contributed by atoms with Gasteiger partial charge in [-0.1, -0.05) is 138 Å². The summed E-state index contributed by atoms with van der Waals surface area (Å²) in [6.07, 6.45) is 0. The Labute approximate surface area is 315 Å². The minimum atomic E-state index is -0.153. The first-order chi connectivity index (χ1) is 25.7. The summed E-state index contributed by atoms with van der Waals surface area (Å²) in [4.78, 5) is 2.51. The van der Waals surface area contributed by atoms with Gasteiger partial charge in [-0.25, -0.2) is 0 Å². The first kappa shape index (κ1) is 32.0. The average Bonchev–Trinajstić information content (AvgIpc) is 3.66. The lowest BCUT2D eigenvalue weighted by molar-refractivity contribution is 0.590. The molecule has 0 radical (unpaired) electrons. The van der Waals surface area contributed by atoms with Gasteiger partial charge < -0.3 is 4.90 Å². The van der Waals surface area contributed by atoms with Crippen molar-refractivity contribution in [2.24, 2.45) is 0 Å². The van der Waals surface area contributed by atoms with Gasteiger partial charge in [0, 0.05) is 42.5 Å². The summed E-state index contributed by atoms with van der Waals surface area (Å²) >= 11 is 1.88. The van der Waals surface area contributed by atoms with Crippen molar-refractivity contribution >= 4 is 70.1 Å². The van der Waals surface area contributed by atoms with Crippen LogP contribution in [0.25, 0.3) is 64.0 Å². The molecule has 1 aliphatic rings. The van der Waals surface area contributed by atoms with Gasteiger partial charge in [-0.15, -0.1) is 11.3 Å². The maximum absolute atomic E-state index is 2.51. The number of hydrogen-bond acceptors (Lipinski definition) is 2. The molecule has 2 heteroatoms. The third kappa shape index (κ3) is 4.96. The standard InChI is InChI=1S/C51H41NS/c1-50(2,3)35-22-24-36(25-23-35)52(37-26-27-39-42-29-33-14-6-7-15-34(33)30-43(42)51(4,5)44(39)31-37)45-28-21-32-13-8-9-16-38(32)48(45)41-18-12-20-47-49(41)40-17-10-11-19-46(40)53-47/h6-31H,1-5H3. The van der Waals surface area contributed by atoms with Crippen LogP contribution in [-0.2, 0) is 10.8 Å². The quantitative estimate of drug-likeness (QED) is 0.177. The molecule has 1 heterocycles. The summed E-state index contributed by atoms with van der Waals surface area (Å²) in [7, 11) is 0. The molecule has 0 spiro atoms. The highest BCUT2D eigenvalue weighted by atomic mass is 32.1.